The Morgan fingerprint density at radius 3 is 1.61 bits per heavy atom. The minimum absolute atomic E-state index is 0. The summed E-state index contributed by atoms with van der Waals surface area (Å²) in [6, 6.07) is 27.7. The molecule has 0 atom stereocenters. The highest BCUT2D eigenvalue weighted by molar-refractivity contribution is 6.04. The van der Waals surface area contributed by atoms with Crippen molar-refractivity contribution in [1.82, 2.24) is 0 Å². The molecule has 13 heteroatoms. The van der Waals surface area contributed by atoms with Crippen LogP contribution in [0.5, 0.6) is 0 Å². The van der Waals surface area contributed by atoms with E-state index in [1.807, 2.05) is 102 Å². The smallest absolute Gasteiger partial charge is 0.411 e. The highest BCUT2D eigenvalue weighted by Crippen LogP contribution is 2.38. The first-order valence-electron chi connectivity index (χ1n) is 19.8. The van der Waals surface area contributed by atoms with Gasteiger partial charge in [0.1, 0.15) is 13.2 Å². The summed E-state index contributed by atoms with van der Waals surface area (Å²) in [5, 5.41) is 17.1. The molecule has 0 saturated carbocycles. The molecule has 61 heavy (non-hydrogen) atoms. The molecule has 332 valence electrons. The highest BCUT2D eigenvalue weighted by Gasteiger charge is 2.27. The molecular formula is C48H66N4O9. The first-order valence-corrected chi connectivity index (χ1v) is 19.8. The molecule has 0 saturated heterocycles. The Kier molecular flexibility index (Phi) is 20.0. The number of nitrogens with one attached hydrogen (secondary N) is 3. The number of hydrogen-bond acceptors (Lipinski definition) is 9. The summed E-state index contributed by atoms with van der Waals surface area (Å²) in [5.41, 5.74) is 9.03. The number of carboxylic acid groups (broad SMARTS) is 1. The maximum atomic E-state index is 13.2. The Hall–Kier alpha value is -5.92. The van der Waals surface area contributed by atoms with Gasteiger partial charge in [-0.15, -0.1) is 0 Å². The van der Waals surface area contributed by atoms with Gasteiger partial charge in [0.25, 0.3) is 5.91 Å². The summed E-state index contributed by atoms with van der Waals surface area (Å²) in [5.74, 6) is -1.08. The van der Waals surface area contributed by atoms with Gasteiger partial charge in [-0.1, -0.05) is 63.4 Å². The first-order chi connectivity index (χ1) is 28.0. The third-order valence-electron chi connectivity index (χ3n) is 8.83. The minimum Gasteiger partial charge on any atom is -0.480 e. The van der Waals surface area contributed by atoms with Crippen LogP contribution >= 0.6 is 0 Å². The van der Waals surface area contributed by atoms with Crippen LogP contribution in [0.15, 0.2) is 84.9 Å². The predicted molar refractivity (Wildman–Crippen MR) is 245 cm³/mol. The summed E-state index contributed by atoms with van der Waals surface area (Å²) in [4.78, 5) is 48.2. The Morgan fingerprint density at radius 1 is 0.607 bits per heavy atom. The number of amides is 3. The summed E-state index contributed by atoms with van der Waals surface area (Å²) < 4.78 is 20.5. The van der Waals surface area contributed by atoms with E-state index in [-0.39, 0.29) is 39.6 Å². The third kappa shape index (κ3) is 16.6. The van der Waals surface area contributed by atoms with Crippen molar-refractivity contribution in [2.75, 3.05) is 47.3 Å². The molecule has 0 radical (unpaired) electrons. The van der Waals surface area contributed by atoms with Crippen molar-refractivity contribution in [3.05, 3.63) is 107 Å². The molecule has 2 heterocycles. The number of anilines is 6. The number of aryl methyl sites for hydroxylation is 4. The van der Waals surface area contributed by atoms with Crippen LogP contribution in [-0.4, -0.2) is 66.8 Å². The highest BCUT2D eigenvalue weighted by atomic mass is 16.6. The molecule has 3 amide bonds. The average Bonchev–Trinajstić information content (AvgIpc) is 3.46. The number of aliphatic carboxylic acids is 1. The van der Waals surface area contributed by atoms with Gasteiger partial charge in [0.15, 0.2) is 0 Å². The van der Waals surface area contributed by atoms with E-state index in [0.29, 0.717) is 18.9 Å². The second kappa shape index (κ2) is 23.8. The fraction of sp³-hybridized carbons (Fsp3) is 0.417. The Labute approximate surface area is 362 Å². The summed E-state index contributed by atoms with van der Waals surface area (Å²) in [6.07, 6.45) is 2.69. The topological polar surface area (TPSA) is 165 Å². The number of carboxylic acids is 1. The Balaban J connectivity index is 0.000000351. The van der Waals surface area contributed by atoms with Gasteiger partial charge in [-0.3, -0.25) is 20.3 Å². The lowest BCUT2D eigenvalue weighted by Crippen LogP contribution is -2.34. The number of nitrogens with zero attached hydrogens (tertiary/aromatic N) is 1. The molecule has 0 fully saturated rings. The zero-order valence-electron chi connectivity index (χ0n) is 35.4. The molecule has 6 rings (SSSR count). The molecule has 0 bridgehead atoms. The van der Waals surface area contributed by atoms with Crippen LogP contribution < -0.4 is 20.9 Å². The number of fused-ring (bicyclic) bond motifs is 4. The van der Waals surface area contributed by atoms with E-state index >= 15 is 0 Å². The molecule has 2 aliphatic heterocycles. The van der Waals surface area contributed by atoms with Gasteiger partial charge in [-0.25, -0.2) is 14.4 Å². The Morgan fingerprint density at radius 2 is 1.07 bits per heavy atom. The molecule has 2 aliphatic rings. The maximum absolute atomic E-state index is 13.2. The van der Waals surface area contributed by atoms with Crippen LogP contribution in [0, 0.1) is 0 Å². The molecule has 0 aliphatic carbocycles. The maximum Gasteiger partial charge on any atom is 0.411 e. The third-order valence-corrected chi connectivity index (χ3v) is 8.83. The fourth-order valence-electron chi connectivity index (χ4n) is 6.12. The van der Waals surface area contributed by atoms with Crippen molar-refractivity contribution in [2.24, 2.45) is 0 Å². The molecule has 4 aromatic rings. The van der Waals surface area contributed by atoms with Crippen LogP contribution in [-0.2, 0) is 54.2 Å². The van der Waals surface area contributed by atoms with Gasteiger partial charge < -0.3 is 29.4 Å². The quantitative estimate of drug-likeness (QED) is 0.134. The van der Waals surface area contributed by atoms with Crippen LogP contribution in [0.3, 0.4) is 0 Å². The zero-order valence-corrected chi connectivity index (χ0v) is 35.4. The van der Waals surface area contributed by atoms with E-state index in [4.69, 9.17) is 24.1 Å². The van der Waals surface area contributed by atoms with Crippen LogP contribution in [0.2, 0.25) is 0 Å². The number of para-hydroxylation sites is 2. The van der Waals surface area contributed by atoms with E-state index < -0.39 is 23.8 Å². The summed E-state index contributed by atoms with van der Waals surface area (Å²) >= 11 is 0. The second-order valence-corrected chi connectivity index (χ2v) is 15.7. The van der Waals surface area contributed by atoms with Crippen molar-refractivity contribution >= 4 is 58.2 Å². The van der Waals surface area contributed by atoms with Gasteiger partial charge in [-0.2, -0.15) is 0 Å². The van der Waals surface area contributed by atoms with E-state index in [0.717, 1.165) is 65.2 Å². The summed E-state index contributed by atoms with van der Waals surface area (Å²) in [6.45, 7) is 15.2. The normalized spacial score (nSPS) is 12.2. The second-order valence-electron chi connectivity index (χ2n) is 15.7. The predicted octanol–water partition coefficient (Wildman–Crippen LogP) is 11.1. The standard InChI is InChI=1S/C23H28N2O4.C17H18N2O2.C6H12O3.2CH4/c1-5-28-22(27)24-18-13-12-17-11-10-16-8-6-7-9-19(16)25(20(17)14-18)21(26)15-29-23(2,3)4;1-2-21-17(20)18-14-10-9-13-8-7-12-5-3-4-6-15(12)19-16(13)11-14;1-6(2,3)9-4-5(7)8;;/h6-9,12-14H,5,10-11,15H2,1-4H3,(H,24,27);3-6,9-11,19H,2,7-8H2,1H3,(H,18,20);4H2,1-3H3,(H,7,8);2*1H4. The van der Waals surface area contributed by atoms with Crippen molar-refractivity contribution < 1.29 is 43.2 Å². The van der Waals surface area contributed by atoms with Gasteiger partial charge in [0.05, 0.1) is 35.8 Å². The van der Waals surface area contributed by atoms with E-state index in [1.54, 1.807) is 18.7 Å². The van der Waals surface area contributed by atoms with E-state index in [1.165, 1.54) is 11.1 Å². The number of benzene rings is 4. The van der Waals surface area contributed by atoms with E-state index in [9.17, 15) is 19.2 Å². The molecule has 0 aromatic heterocycles. The average molecular weight is 843 g/mol. The molecular weight excluding hydrogens is 777 g/mol. The number of rotatable bonds is 8. The number of ether oxygens (including phenoxy) is 4. The number of carbonyl (C=O) groups excluding carboxylic acids is 3. The lowest BCUT2D eigenvalue weighted by atomic mass is 10.0. The van der Waals surface area contributed by atoms with Crippen molar-refractivity contribution in [3.63, 3.8) is 0 Å². The Bertz CT molecular complexity index is 2070. The molecule has 13 nitrogen and oxygen atoms in total. The van der Waals surface area contributed by atoms with Crippen molar-refractivity contribution in [1.29, 1.82) is 0 Å². The number of carbonyl (C=O) groups is 4. The van der Waals surface area contributed by atoms with Crippen LogP contribution in [0.25, 0.3) is 0 Å². The lowest BCUT2D eigenvalue weighted by Gasteiger charge is -2.27. The SMILES string of the molecule is C.C.CC(C)(C)OCC(=O)O.CCOC(=O)Nc1ccc2c(c1)N(C(=O)COC(C)(C)C)c1ccccc1CC2.CCOC(=O)Nc1ccc2c(c1)Nc1ccccc1CC2. The van der Waals surface area contributed by atoms with Gasteiger partial charge in [0, 0.05) is 22.7 Å². The van der Waals surface area contributed by atoms with Gasteiger partial charge >= 0.3 is 18.2 Å². The van der Waals surface area contributed by atoms with Gasteiger partial charge in [-0.05, 0) is 140 Å². The monoisotopic (exact) mass is 842 g/mol. The van der Waals surface area contributed by atoms with Crippen LogP contribution in [0.4, 0.5) is 43.7 Å². The zero-order chi connectivity index (χ0) is 43.2. The molecule has 4 N–H and O–H groups in total. The molecule has 0 spiro atoms. The largest absolute Gasteiger partial charge is 0.480 e. The van der Waals surface area contributed by atoms with Crippen molar-refractivity contribution in [3.8, 4) is 0 Å². The lowest BCUT2D eigenvalue weighted by molar-refractivity contribution is -0.147. The van der Waals surface area contributed by atoms with E-state index in [2.05, 4.69) is 40.2 Å². The number of hydrogen-bond donors (Lipinski definition) is 4. The molecule has 0 unspecified atom stereocenters. The summed E-state index contributed by atoms with van der Waals surface area (Å²) in [7, 11) is 0. The fourth-order valence-corrected chi connectivity index (χ4v) is 6.12. The minimum atomic E-state index is -0.926. The first kappa shape index (κ1) is 51.2. The van der Waals surface area contributed by atoms with Crippen LogP contribution in [0.1, 0.15) is 92.5 Å². The molecule has 4 aromatic carbocycles. The van der Waals surface area contributed by atoms with Gasteiger partial charge in [0.2, 0.25) is 0 Å². The van der Waals surface area contributed by atoms with Crippen molar-refractivity contribution in [2.45, 2.75) is 107 Å².